The summed E-state index contributed by atoms with van der Waals surface area (Å²) in [6.45, 7) is 12.1. The van der Waals surface area contributed by atoms with E-state index in [4.69, 9.17) is 9.72 Å². The van der Waals surface area contributed by atoms with Gasteiger partial charge in [-0.1, -0.05) is 26.8 Å². The zero-order chi connectivity index (χ0) is 14.8. The molecule has 0 aliphatic rings. The summed E-state index contributed by atoms with van der Waals surface area (Å²) in [5.41, 5.74) is 2.25. The van der Waals surface area contributed by atoms with Crippen molar-refractivity contribution in [3.05, 3.63) is 29.6 Å². The molecule has 0 amide bonds. The van der Waals surface area contributed by atoms with Crippen molar-refractivity contribution in [2.24, 2.45) is 5.92 Å². The molecule has 0 radical (unpaired) electrons. The van der Waals surface area contributed by atoms with Gasteiger partial charge in [-0.2, -0.15) is 0 Å². The maximum atomic E-state index is 5.20. The molecule has 1 rings (SSSR count). The Morgan fingerprint density at radius 2 is 2.05 bits per heavy atom. The number of nitrogens with one attached hydrogen (secondary N) is 1. The molecule has 0 unspecified atom stereocenters. The van der Waals surface area contributed by atoms with Crippen LogP contribution in [0.15, 0.2) is 18.2 Å². The lowest BCUT2D eigenvalue weighted by Crippen LogP contribution is -2.31. The molecular weight excluding hydrogens is 250 g/mol. The van der Waals surface area contributed by atoms with Crippen LogP contribution in [-0.2, 0) is 17.8 Å². The number of hydrogen-bond donors (Lipinski definition) is 1. The molecule has 1 aromatic rings. The SMILES string of the molecule is CCNCc1cccc(CN(CCOC)CC(C)C)n1. The molecule has 0 bridgehead atoms. The number of aromatic nitrogens is 1. The zero-order valence-electron chi connectivity index (χ0n) is 13.4. The lowest BCUT2D eigenvalue weighted by Gasteiger charge is -2.23. The third kappa shape index (κ3) is 6.98. The first-order chi connectivity index (χ1) is 9.65. The Hall–Kier alpha value is -0.970. The number of pyridine rings is 1. The predicted octanol–water partition coefficient (Wildman–Crippen LogP) is 2.30. The molecule has 0 fully saturated rings. The molecule has 114 valence electrons. The van der Waals surface area contributed by atoms with Gasteiger partial charge in [0.15, 0.2) is 0 Å². The quantitative estimate of drug-likeness (QED) is 0.713. The van der Waals surface area contributed by atoms with Crippen LogP contribution < -0.4 is 5.32 Å². The van der Waals surface area contributed by atoms with Crippen LogP contribution in [0.25, 0.3) is 0 Å². The van der Waals surface area contributed by atoms with Crippen LogP contribution in [0.5, 0.6) is 0 Å². The van der Waals surface area contributed by atoms with Gasteiger partial charge in [0, 0.05) is 33.3 Å². The molecule has 1 N–H and O–H groups in total. The van der Waals surface area contributed by atoms with Gasteiger partial charge in [0.2, 0.25) is 0 Å². The third-order valence-electron chi connectivity index (χ3n) is 3.04. The molecule has 0 saturated heterocycles. The maximum absolute atomic E-state index is 5.20. The second-order valence-corrected chi connectivity index (χ2v) is 5.52. The van der Waals surface area contributed by atoms with E-state index in [0.29, 0.717) is 5.92 Å². The molecule has 0 aliphatic heterocycles. The summed E-state index contributed by atoms with van der Waals surface area (Å²) in [5.74, 6) is 0.650. The van der Waals surface area contributed by atoms with Gasteiger partial charge in [-0.25, -0.2) is 0 Å². The van der Waals surface area contributed by atoms with E-state index in [9.17, 15) is 0 Å². The fourth-order valence-corrected chi connectivity index (χ4v) is 2.17. The van der Waals surface area contributed by atoms with Crippen molar-refractivity contribution in [1.82, 2.24) is 15.2 Å². The minimum Gasteiger partial charge on any atom is -0.383 e. The van der Waals surface area contributed by atoms with Crippen LogP contribution in [0.2, 0.25) is 0 Å². The third-order valence-corrected chi connectivity index (χ3v) is 3.04. The minimum absolute atomic E-state index is 0.650. The Balaban J connectivity index is 2.61. The second-order valence-electron chi connectivity index (χ2n) is 5.52. The number of hydrogen-bond acceptors (Lipinski definition) is 4. The van der Waals surface area contributed by atoms with Crippen LogP contribution in [0.1, 0.15) is 32.2 Å². The number of methoxy groups -OCH3 is 1. The minimum atomic E-state index is 0.650. The summed E-state index contributed by atoms with van der Waals surface area (Å²) in [5, 5.41) is 3.32. The molecule has 1 aromatic heterocycles. The predicted molar refractivity (Wildman–Crippen MR) is 83.6 cm³/mol. The highest BCUT2D eigenvalue weighted by Crippen LogP contribution is 2.07. The number of ether oxygens (including phenoxy) is 1. The second kappa shape index (κ2) is 9.86. The maximum Gasteiger partial charge on any atom is 0.0589 e. The summed E-state index contributed by atoms with van der Waals surface area (Å²) in [6, 6.07) is 6.28. The van der Waals surface area contributed by atoms with E-state index < -0.39 is 0 Å². The van der Waals surface area contributed by atoms with E-state index >= 15 is 0 Å². The molecule has 1 heterocycles. The van der Waals surface area contributed by atoms with Crippen molar-refractivity contribution in [1.29, 1.82) is 0 Å². The van der Waals surface area contributed by atoms with Gasteiger partial charge in [0.25, 0.3) is 0 Å². The smallest absolute Gasteiger partial charge is 0.0589 e. The Morgan fingerprint density at radius 1 is 1.30 bits per heavy atom. The van der Waals surface area contributed by atoms with Crippen molar-refractivity contribution >= 4 is 0 Å². The van der Waals surface area contributed by atoms with Gasteiger partial charge in [-0.15, -0.1) is 0 Å². The van der Waals surface area contributed by atoms with E-state index in [1.807, 2.05) is 0 Å². The molecule has 0 aliphatic carbocycles. The Morgan fingerprint density at radius 3 is 2.70 bits per heavy atom. The highest BCUT2D eigenvalue weighted by molar-refractivity contribution is 5.11. The van der Waals surface area contributed by atoms with Crippen molar-refractivity contribution in [2.45, 2.75) is 33.9 Å². The number of rotatable bonds is 10. The highest BCUT2D eigenvalue weighted by Gasteiger charge is 2.09. The summed E-state index contributed by atoms with van der Waals surface area (Å²) in [7, 11) is 1.75. The van der Waals surface area contributed by atoms with Crippen LogP contribution >= 0.6 is 0 Å². The average Bonchev–Trinajstić information content (AvgIpc) is 2.42. The normalized spacial score (nSPS) is 11.5. The summed E-state index contributed by atoms with van der Waals surface area (Å²) < 4.78 is 5.20. The Labute approximate surface area is 123 Å². The summed E-state index contributed by atoms with van der Waals surface area (Å²) in [4.78, 5) is 7.13. The largest absolute Gasteiger partial charge is 0.383 e. The fourth-order valence-electron chi connectivity index (χ4n) is 2.17. The first kappa shape index (κ1) is 17.1. The van der Waals surface area contributed by atoms with Gasteiger partial charge < -0.3 is 10.1 Å². The summed E-state index contributed by atoms with van der Waals surface area (Å²) >= 11 is 0. The average molecular weight is 279 g/mol. The molecule has 4 nitrogen and oxygen atoms in total. The van der Waals surface area contributed by atoms with E-state index in [1.165, 1.54) is 0 Å². The Bertz CT molecular complexity index is 368. The first-order valence-corrected chi connectivity index (χ1v) is 7.52. The van der Waals surface area contributed by atoms with Gasteiger partial charge in [0.1, 0.15) is 0 Å². The summed E-state index contributed by atoms with van der Waals surface area (Å²) in [6.07, 6.45) is 0. The molecule has 0 spiro atoms. The molecule has 0 aromatic carbocycles. The van der Waals surface area contributed by atoms with Crippen molar-refractivity contribution < 1.29 is 4.74 Å². The van der Waals surface area contributed by atoms with Crippen molar-refractivity contribution in [2.75, 3.05) is 33.4 Å². The molecule has 0 atom stereocenters. The topological polar surface area (TPSA) is 37.4 Å². The highest BCUT2D eigenvalue weighted by atomic mass is 16.5. The van der Waals surface area contributed by atoms with Crippen molar-refractivity contribution in [3.63, 3.8) is 0 Å². The van der Waals surface area contributed by atoms with Crippen LogP contribution in [0.3, 0.4) is 0 Å². The monoisotopic (exact) mass is 279 g/mol. The number of nitrogens with zero attached hydrogens (tertiary/aromatic N) is 2. The zero-order valence-corrected chi connectivity index (χ0v) is 13.4. The molecule has 0 saturated carbocycles. The van der Waals surface area contributed by atoms with E-state index in [2.05, 4.69) is 49.2 Å². The first-order valence-electron chi connectivity index (χ1n) is 7.52. The molecular formula is C16H29N3O. The lowest BCUT2D eigenvalue weighted by atomic mass is 10.2. The Kier molecular flexibility index (Phi) is 8.42. The lowest BCUT2D eigenvalue weighted by molar-refractivity contribution is 0.135. The van der Waals surface area contributed by atoms with Gasteiger partial charge in [0.05, 0.1) is 18.0 Å². The van der Waals surface area contributed by atoms with Crippen LogP contribution in [-0.4, -0.2) is 43.2 Å². The van der Waals surface area contributed by atoms with Crippen LogP contribution in [0.4, 0.5) is 0 Å². The van der Waals surface area contributed by atoms with E-state index in [-0.39, 0.29) is 0 Å². The molecule has 20 heavy (non-hydrogen) atoms. The fraction of sp³-hybridized carbons (Fsp3) is 0.688. The standard InChI is InChI=1S/C16H29N3O/c1-5-17-11-15-7-6-8-16(18-15)13-19(9-10-20-4)12-14(2)3/h6-8,14,17H,5,9-13H2,1-4H3. The van der Waals surface area contributed by atoms with Gasteiger partial charge in [-0.05, 0) is 24.6 Å². The van der Waals surface area contributed by atoms with Gasteiger partial charge in [-0.3, -0.25) is 9.88 Å². The van der Waals surface area contributed by atoms with Crippen LogP contribution in [0, 0.1) is 5.92 Å². The van der Waals surface area contributed by atoms with E-state index in [1.54, 1.807) is 7.11 Å². The van der Waals surface area contributed by atoms with E-state index in [0.717, 1.165) is 50.7 Å². The van der Waals surface area contributed by atoms with Crippen molar-refractivity contribution in [3.8, 4) is 0 Å². The van der Waals surface area contributed by atoms with Gasteiger partial charge >= 0.3 is 0 Å². The molecule has 4 heteroatoms.